The van der Waals surface area contributed by atoms with Crippen molar-refractivity contribution in [2.45, 2.75) is 32.6 Å². The number of rotatable bonds is 1. The zero-order chi connectivity index (χ0) is 11.7. The standard InChI is InChI=1S/C14H16O2/c1-9-7-8-12(10(2)14(15)16)13-6-4-3-5-11(9)13/h3-6,9H,7-8H2,1-2H3,(H,15,16)/b12-10+. The highest BCUT2D eigenvalue weighted by Gasteiger charge is 2.22. The second-order valence-electron chi connectivity index (χ2n) is 4.44. The first-order valence-electron chi connectivity index (χ1n) is 5.63. The zero-order valence-corrected chi connectivity index (χ0v) is 9.66. The third-order valence-electron chi connectivity index (χ3n) is 3.42. The van der Waals surface area contributed by atoms with Gasteiger partial charge in [-0.2, -0.15) is 0 Å². The average molecular weight is 216 g/mol. The van der Waals surface area contributed by atoms with Crippen LogP contribution in [0.5, 0.6) is 0 Å². The molecule has 1 aromatic carbocycles. The SMILES string of the molecule is C/C(C(=O)O)=C1/CCC(C)c2ccccc21. The summed E-state index contributed by atoms with van der Waals surface area (Å²) in [7, 11) is 0. The Hall–Kier alpha value is -1.57. The monoisotopic (exact) mass is 216 g/mol. The van der Waals surface area contributed by atoms with Crippen molar-refractivity contribution in [2.24, 2.45) is 0 Å². The Labute approximate surface area is 95.6 Å². The predicted octanol–water partition coefficient (Wildman–Crippen LogP) is 3.44. The molecule has 0 aliphatic heterocycles. The molecule has 0 bridgehead atoms. The highest BCUT2D eigenvalue weighted by Crippen LogP contribution is 2.39. The van der Waals surface area contributed by atoms with Gasteiger partial charge in [-0.1, -0.05) is 31.2 Å². The van der Waals surface area contributed by atoms with E-state index in [9.17, 15) is 4.79 Å². The van der Waals surface area contributed by atoms with Crippen LogP contribution in [0.25, 0.3) is 5.57 Å². The molecule has 0 aromatic heterocycles. The molecule has 0 radical (unpaired) electrons. The van der Waals surface area contributed by atoms with Gasteiger partial charge in [0.05, 0.1) is 0 Å². The molecule has 0 fully saturated rings. The molecule has 1 N–H and O–H groups in total. The number of carboxylic acid groups (broad SMARTS) is 1. The molecule has 16 heavy (non-hydrogen) atoms. The van der Waals surface area contributed by atoms with E-state index in [1.807, 2.05) is 18.2 Å². The third-order valence-corrected chi connectivity index (χ3v) is 3.42. The van der Waals surface area contributed by atoms with Crippen molar-refractivity contribution in [2.75, 3.05) is 0 Å². The molecule has 1 unspecified atom stereocenters. The number of hydrogen-bond donors (Lipinski definition) is 1. The summed E-state index contributed by atoms with van der Waals surface area (Å²) < 4.78 is 0. The smallest absolute Gasteiger partial charge is 0.331 e. The van der Waals surface area contributed by atoms with Crippen molar-refractivity contribution in [1.82, 2.24) is 0 Å². The molecular weight excluding hydrogens is 200 g/mol. The Morgan fingerprint density at radius 1 is 1.38 bits per heavy atom. The van der Waals surface area contributed by atoms with E-state index in [1.165, 1.54) is 5.56 Å². The molecule has 0 saturated heterocycles. The second kappa shape index (κ2) is 4.12. The van der Waals surface area contributed by atoms with Crippen molar-refractivity contribution >= 4 is 11.5 Å². The number of benzene rings is 1. The molecule has 1 aliphatic rings. The summed E-state index contributed by atoms with van der Waals surface area (Å²) in [5, 5.41) is 9.07. The first kappa shape index (κ1) is 10.9. The Morgan fingerprint density at radius 2 is 2.06 bits per heavy atom. The van der Waals surface area contributed by atoms with Gasteiger partial charge in [0, 0.05) is 5.57 Å². The molecule has 0 saturated carbocycles. The minimum atomic E-state index is -0.806. The molecule has 0 heterocycles. The van der Waals surface area contributed by atoms with Gasteiger partial charge in [-0.15, -0.1) is 0 Å². The van der Waals surface area contributed by atoms with Gasteiger partial charge in [0.25, 0.3) is 0 Å². The van der Waals surface area contributed by atoms with Gasteiger partial charge < -0.3 is 5.11 Å². The fourth-order valence-electron chi connectivity index (χ4n) is 2.37. The average Bonchev–Trinajstić information content (AvgIpc) is 2.29. The van der Waals surface area contributed by atoms with E-state index in [0.717, 1.165) is 24.0 Å². The maximum atomic E-state index is 11.0. The van der Waals surface area contributed by atoms with E-state index in [-0.39, 0.29) is 0 Å². The van der Waals surface area contributed by atoms with Crippen LogP contribution in [-0.2, 0) is 4.79 Å². The lowest BCUT2D eigenvalue weighted by atomic mass is 9.79. The lowest BCUT2D eigenvalue weighted by molar-refractivity contribution is -0.132. The van der Waals surface area contributed by atoms with Crippen molar-refractivity contribution in [3.63, 3.8) is 0 Å². The van der Waals surface area contributed by atoms with Crippen LogP contribution in [0.15, 0.2) is 29.8 Å². The lowest BCUT2D eigenvalue weighted by Crippen LogP contribution is -2.10. The summed E-state index contributed by atoms with van der Waals surface area (Å²) in [6, 6.07) is 8.14. The van der Waals surface area contributed by atoms with E-state index in [2.05, 4.69) is 13.0 Å². The second-order valence-corrected chi connectivity index (χ2v) is 4.44. The number of hydrogen-bond acceptors (Lipinski definition) is 1. The van der Waals surface area contributed by atoms with Crippen molar-refractivity contribution in [1.29, 1.82) is 0 Å². The van der Waals surface area contributed by atoms with E-state index in [4.69, 9.17) is 5.11 Å². The van der Waals surface area contributed by atoms with Crippen LogP contribution in [-0.4, -0.2) is 11.1 Å². The quantitative estimate of drug-likeness (QED) is 0.730. The summed E-state index contributed by atoms with van der Waals surface area (Å²) in [5.74, 6) is -0.277. The predicted molar refractivity (Wildman–Crippen MR) is 64.3 cm³/mol. The Morgan fingerprint density at radius 3 is 2.75 bits per heavy atom. The first-order chi connectivity index (χ1) is 7.61. The Bertz CT molecular complexity index is 458. The summed E-state index contributed by atoms with van der Waals surface area (Å²) in [5.41, 5.74) is 3.89. The first-order valence-corrected chi connectivity index (χ1v) is 5.63. The van der Waals surface area contributed by atoms with E-state index in [1.54, 1.807) is 6.92 Å². The summed E-state index contributed by atoms with van der Waals surface area (Å²) in [6.45, 7) is 3.90. The van der Waals surface area contributed by atoms with E-state index in [0.29, 0.717) is 11.5 Å². The van der Waals surface area contributed by atoms with Gasteiger partial charge >= 0.3 is 5.97 Å². The lowest BCUT2D eigenvalue weighted by Gasteiger charge is -2.25. The minimum absolute atomic E-state index is 0.486. The van der Waals surface area contributed by atoms with Gasteiger partial charge in [0.1, 0.15) is 0 Å². The molecule has 1 atom stereocenters. The van der Waals surface area contributed by atoms with Crippen LogP contribution in [0, 0.1) is 0 Å². The normalized spacial score (nSPS) is 22.5. The largest absolute Gasteiger partial charge is 0.478 e. The number of allylic oxidation sites excluding steroid dienone is 1. The van der Waals surface area contributed by atoms with Crippen molar-refractivity contribution in [3.8, 4) is 0 Å². The summed E-state index contributed by atoms with van der Waals surface area (Å²) >= 11 is 0. The van der Waals surface area contributed by atoms with Crippen molar-refractivity contribution < 1.29 is 9.90 Å². The van der Waals surface area contributed by atoms with Crippen LogP contribution in [0.2, 0.25) is 0 Å². The highest BCUT2D eigenvalue weighted by molar-refractivity contribution is 5.96. The molecule has 0 spiro atoms. The number of fused-ring (bicyclic) bond motifs is 1. The fourth-order valence-corrected chi connectivity index (χ4v) is 2.37. The summed E-state index contributed by atoms with van der Waals surface area (Å²) in [4.78, 5) is 11.0. The van der Waals surface area contributed by atoms with Crippen LogP contribution < -0.4 is 0 Å². The number of carbonyl (C=O) groups is 1. The fraction of sp³-hybridized carbons (Fsp3) is 0.357. The molecule has 84 valence electrons. The maximum Gasteiger partial charge on any atom is 0.331 e. The molecule has 2 nitrogen and oxygen atoms in total. The highest BCUT2D eigenvalue weighted by atomic mass is 16.4. The minimum Gasteiger partial charge on any atom is -0.478 e. The van der Waals surface area contributed by atoms with E-state index < -0.39 is 5.97 Å². The molecular formula is C14H16O2. The van der Waals surface area contributed by atoms with Gasteiger partial charge in [-0.25, -0.2) is 4.79 Å². The molecule has 1 aliphatic carbocycles. The topological polar surface area (TPSA) is 37.3 Å². The maximum absolute atomic E-state index is 11.0. The molecule has 1 aromatic rings. The Kier molecular flexibility index (Phi) is 2.82. The summed E-state index contributed by atoms with van der Waals surface area (Å²) in [6.07, 6.45) is 1.91. The number of carboxylic acids is 1. The number of aliphatic carboxylic acids is 1. The van der Waals surface area contributed by atoms with Crippen molar-refractivity contribution in [3.05, 3.63) is 41.0 Å². The van der Waals surface area contributed by atoms with E-state index >= 15 is 0 Å². The van der Waals surface area contributed by atoms with Crippen LogP contribution in [0.1, 0.15) is 43.7 Å². The molecule has 0 amide bonds. The van der Waals surface area contributed by atoms with Crippen LogP contribution in [0.4, 0.5) is 0 Å². The van der Waals surface area contributed by atoms with Crippen LogP contribution in [0.3, 0.4) is 0 Å². The van der Waals surface area contributed by atoms with Gasteiger partial charge in [-0.3, -0.25) is 0 Å². The van der Waals surface area contributed by atoms with Crippen LogP contribution >= 0.6 is 0 Å². The Balaban J connectivity index is 2.59. The van der Waals surface area contributed by atoms with Gasteiger partial charge in [-0.05, 0) is 42.4 Å². The molecule has 2 heteroatoms. The zero-order valence-electron chi connectivity index (χ0n) is 9.66. The molecule has 2 rings (SSSR count). The van der Waals surface area contributed by atoms with Gasteiger partial charge in [0.15, 0.2) is 0 Å². The van der Waals surface area contributed by atoms with Gasteiger partial charge in [0.2, 0.25) is 0 Å². The third kappa shape index (κ3) is 1.75.